The van der Waals surface area contributed by atoms with Crippen molar-refractivity contribution in [3.05, 3.63) is 30.1 Å². The highest BCUT2D eigenvalue weighted by Gasteiger charge is 2.30. The van der Waals surface area contributed by atoms with Gasteiger partial charge in [0, 0.05) is 12.7 Å². The van der Waals surface area contributed by atoms with Crippen LogP contribution < -0.4 is 0 Å². The number of amides is 1. The average Bonchev–Trinajstić information content (AvgIpc) is 2.78. The fraction of sp³-hybridized carbons (Fsp3) is 0.538. The van der Waals surface area contributed by atoms with Crippen LogP contribution in [0.1, 0.15) is 24.6 Å². The molecule has 1 aliphatic heterocycles. The second kappa shape index (κ2) is 5.27. The molecule has 0 aromatic carbocycles. The summed E-state index contributed by atoms with van der Waals surface area (Å²) in [6.45, 7) is 1.33. The lowest BCUT2D eigenvalue weighted by Gasteiger charge is -2.25. The van der Waals surface area contributed by atoms with Crippen molar-refractivity contribution in [1.82, 2.24) is 14.8 Å². The maximum atomic E-state index is 12.1. The largest absolute Gasteiger partial charge is 0.333 e. The number of nitrogens with zero attached hydrogens (tertiary/aromatic N) is 3. The summed E-state index contributed by atoms with van der Waals surface area (Å²) in [6.07, 6.45) is 3.89. The van der Waals surface area contributed by atoms with Crippen molar-refractivity contribution < 1.29 is 4.79 Å². The monoisotopic (exact) mass is 233 g/mol. The molecule has 1 saturated heterocycles. The van der Waals surface area contributed by atoms with Crippen LogP contribution in [0, 0.1) is 0 Å². The molecule has 2 rings (SSSR count). The van der Waals surface area contributed by atoms with Gasteiger partial charge in [0.05, 0.1) is 18.3 Å². The summed E-state index contributed by atoms with van der Waals surface area (Å²) >= 11 is 0. The Morgan fingerprint density at radius 2 is 2.35 bits per heavy atom. The Labute approximate surface area is 102 Å². The summed E-state index contributed by atoms with van der Waals surface area (Å²) in [6, 6.07) is 6.06. The lowest BCUT2D eigenvalue weighted by molar-refractivity contribution is -0.132. The van der Waals surface area contributed by atoms with Gasteiger partial charge in [-0.25, -0.2) is 0 Å². The van der Waals surface area contributed by atoms with Gasteiger partial charge in [-0.2, -0.15) is 0 Å². The molecule has 1 fully saturated rings. The van der Waals surface area contributed by atoms with Crippen LogP contribution in [0.3, 0.4) is 0 Å². The summed E-state index contributed by atoms with van der Waals surface area (Å²) in [5.74, 6) is 0.197. The Morgan fingerprint density at radius 1 is 1.53 bits per heavy atom. The normalized spacial score (nSPS) is 19.9. The van der Waals surface area contributed by atoms with E-state index in [2.05, 4.69) is 4.98 Å². The Hall–Kier alpha value is -1.42. The fourth-order valence-corrected chi connectivity index (χ4v) is 2.31. The highest BCUT2D eigenvalue weighted by molar-refractivity contribution is 5.79. The third-order valence-electron chi connectivity index (χ3n) is 3.05. The van der Waals surface area contributed by atoms with E-state index in [-0.39, 0.29) is 11.9 Å². The van der Waals surface area contributed by atoms with Gasteiger partial charge in [0.15, 0.2) is 0 Å². The van der Waals surface area contributed by atoms with Crippen LogP contribution in [-0.2, 0) is 4.79 Å². The lowest BCUT2D eigenvalue weighted by Crippen LogP contribution is -2.37. The predicted octanol–water partition coefficient (Wildman–Crippen LogP) is 1.31. The zero-order valence-corrected chi connectivity index (χ0v) is 10.5. The van der Waals surface area contributed by atoms with Crippen LogP contribution in [0.4, 0.5) is 0 Å². The zero-order valence-electron chi connectivity index (χ0n) is 10.5. The van der Waals surface area contributed by atoms with Gasteiger partial charge in [-0.3, -0.25) is 9.78 Å². The van der Waals surface area contributed by atoms with Gasteiger partial charge in [-0.15, -0.1) is 0 Å². The van der Waals surface area contributed by atoms with E-state index < -0.39 is 0 Å². The van der Waals surface area contributed by atoms with Gasteiger partial charge < -0.3 is 9.80 Å². The van der Waals surface area contributed by atoms with Crippen molar-refractivity contribution >= 4 is 5.91 Å². The predicted molar refractivity (Wildman–Crippen MR) is 66.5 cm³/mol. The van der Waals surface area contributed by atoms with E-state index in [1.54, 1.807) is 6.20 Å². The zero-order chi connectivity index (χ0) is 12.3. The SMILES string of the molecule is CN(C)CC(=O)N1CCC[C@H]1c1ccccn1. The molecule has 1 atom stereocenters. The smallest absolute Gasteiger partial charge is 0.237 e. The summed E-state index contributed by atoms with van der Waals surface area (Å²) in [7, 11) is 3.84. The molecule has 0 unspecified atom stereocenters. The number of hydrogen-bond acceptors (Lipinski definition) is 3. The van der Waals surface area contributed by atoms with Crippen molar-refractivity contribution in [1.29, 1.82) is 0 Å². The molecule has 1 aromatic heterocycles. The third-order valence-corrected chi connectivity index (χ3v) is 3.05. The molecular formula is C13H19N3O. The maximum Gasteiger partial charge on any atom is 0.237 e. The summed E-state index contributed by atoms with van der Waals surface area (Å²) in [5.41, 5.74) is 1.01. The molecular weight excluding hydrogens is 214 g/mol. The molecule has 1 aliphatic rings. The number of carbonyl (C=O) groups excluding carboxylic acids is 1. The third kappa shape index (κ3) is 2.82. The van der Waals surface area contributed by atoms with E-state index in [1.807, 2.05) is 42.1 Å². The Bertz CT molecular complexity index is 378. The second-order valence-corrected chi connectivity index (χ2v) is 4.74. The minimum atomic E-state index is 0.170. The summed E-state index contributed by atoms with van der Waals surface area (Å²) < 4.78 is 0. The minimum absolute atomic E-state index is 0.170. The first kappa shape index (κ1) is 12.0. The first-order valence-electron chi connectivity index (χ1n) is 6.03. The first-order valence-corrected chi connectivity index (χ1v) is 6.03. The van der Waals surface area contributed by atoms with E-state index in [1.165, 1.54) is 0 Å². The average molecular weight is 233 g/mol. The molecule has 1 amide bonds. The second-order valence-electron chi connectivity index (χ2n) is 4.74. The van der Waals surface area contributed by atoms with E-state index in [4.69, 9.17) is 0 Å². The van der Waals surface area contributed by atoms with E-state index in [9.17, 15) is 4.79 Å². The quantitative estimate of drug-likeness (QED) is 0.789. The van der Waals surface area contributed by atoms with Crippen molar-refractivity contribution in [2.45, 2.75) is 18.9 Å². The maximum absolute atomic E-state index is 12.1. The summed E-state index contributed by atoms with van der Waals surface area (Å²) in [4.78, 5) is 20.3. The van der Waals surface area contributed by atoms with Gasteiger partial charge in [-0.05, 0) is 39.1 Å². The lowest BCUT2D eigenvalue weighted by atomic mass is 10.1. The molecule has 92 valence electrons. The molecule has 4 heteroatoms. The van der Waals surface area contributed by atoms with E-state index in [0.717, 1.165) is 25.1 Å². The number of likely N-dealkylation sites (tertiary alicyclic amines) is 1. The molecule has 4 nitrogen and oxygen atoms in total. The molecule has 0 saturated carbocycles. The minimum Gasteiger partial charge on any atom is -0.333 e. The Balaban J connectivity index is 2.10. The Kier molecular flexibility index (Phi) is 3.74. The van der Waals surface area contributed by atoms with Gasteiger partial charge in [0.1, 0.15) is 0 Å². The first-order chi connectivity index (χ1) is 8.18. The van der Waals surface area contributed by atoms with Crippen molar-refractivity contribution in [2.24, 2.45) is 0 Å². The summed E-state index contributed by atoms with van der Waals surface area (Å²) in [5, 5.41) is 0. The molecule has 17 heavy (non-hydrogen) atoms. The number of aromatic nitrogens is 1. The van der Waals surface area contributed by atoms with E-state index >= 15 is 0 Å². The molecule has 2 heterocycles. The fourth-order valence-electron chi connectivity index (χ4n) is 2.31. The van der Waals surface area contributed by atoms with Crippen LogP contribution in [-0.4, -0.2) is 47.9 Å². The highest BCUT2D eigenvalue weighted by Crippen LogP contribution is 2.30. The van der Waals surface area contributed by atoms with Crippen LogP contribution in [0.15, 0.2) is 24.4 Å². The molecule has 0 spiro atoms. The number of pyridine rings is 1. The number of likely N-dealkylation sites (N-methyl/N-ethyl adjacent to an activating group) is 1. The number of carbonyl (C=O) groups is 1. The topological polar surface area (TPSA) is 36.4 Å². The van der Waals surface area contributed by atoms with Crippen LogP contribution in [0.2, 0.25) is 0 Å². The molecule has 0 N–H and O–H groups in total. The number of rotatable bonds is 3. The van der Waals surface area contributed by atoms with Crippen molar-refractivity contribution in [3.8, 4) is 0 Å². The molecule has 0 radical (unpaired) electrons. The van der Waals surface area contributed by atoms with Crippen LogP contribution in [0.25, 0.3) is 0 Å². The van der Waals surface area contributed by atoms with Crippen LogP contribution >= 0.6 is 0 Å². The van der Waals surface area contributed by atoms with Gasteiger partial charge in [0.2, 0.25) is 5.91 Å². The van der Waals surface area contributed by atoms with Gasteiger partial charge >= 0.3 is 0 Å². The van der Waals surface area contributed by atoms with Gasteiger partial charge in [0.25, 0.3) is 0 Å². The van der Waals surface area contributed by atoms with Crippen molar-refractivity contribution in [3.63, 3.8) is 0 Å². The van der Waals surface area contributed by atoms with E-state index in [0.29, 0.717) is 6.54 Å². The van der Waals surface area contributed by atoms with Crippen LogP contribution in [0.5, 0.6) is 0 Å². The molecule has 1 aromatic rings. The van der Waals surface area contributed by atoms with Gasteiger partial charge in [-0.1, -0.05) is 6.07 Å². The van der Waals surface area contributed by atoms with Crippen molar-refractivity contribution in [2.75, 3.05) is 27.2 Å². The number of hydrogen-bond donors (Lipinski definition) is 0. The molecule has 0 aliphatic carbocycles. The molecule has 0 bridgehead atoms. The highest BCUT2D eigenvalue weighted by atomic mass is 16.2. The Morgan fingerprint density at radius 3 is 3.00 bits per heavy atom. The standard InChI is InChI=1S/C13H19N3O/c1-15(2)10-13(17)16-9-5-7-12(16)11-6-3-4-8-14-11/h3-4,6,8,12H,5,7,9-10H2,1-2H3/t12-/m0/s1.